The molecule has 0 aliphatic rings. The average Bonchev–Trinajstić information content (AvgIpc) is 2.41. The van der Waals surface area contributed by atoms with Crippen LogP contribution in [0.1, 0.15) is 0 Å². The van der Waals surface area contributed by atoms with Gasteiger partial charge in [-0.3, -0.25) is 0 Å². The molecule has 3 aromatic rings. The molecule has 0 saturated heterocycles. The third-order valence-electron chi connectivity index (χ3n) is 2.74. The number of rotatable bonds is 1. The fourth-order valence-corrected chi connectivity index (χ4v) is 2.12. The molecule has 0 spiro atoms. The van der Waals surface area contributed by atoms with Crippen LogP contribution >= 0.6 is 11.6 Å². The molecule has 88 valence electrons. The van der Waals surface area contributed by atoms with Crippen molar-refractivity contribution in [3.63, 3.8) is 0 Å². The van der Waals surface area contributed by atoms with Gasteiger partial charge in [-0.15, -0.1) is 0 Å². The van der Waals surface area contributed by atoms with Crippen molar-refractivity contribution in [2.45, 2.75) is 0 Å². The van der Waals surface area contributed by atoms with E-state index < -0.39 is 0 Å². The third kappa shape index (κ3) is 1.83. The monoisotopic (exact) mass is 259 g/mol. The van der Waals surface area contributed by atoms with Crippen molar-refractivity contribution < 1.29 is 8.96 Å². The molecule has 0 fully saturated rings. The number of nitrogens with zero attached hydrogens (tertiary/aromatic N) is 2. The minimum atomic E-state index is -0.306. The number of halogens is 2. The summed E-state index contributed by atoms with van der Waals surface area (Å²) in [4.78, 5) is 4.31. The first-order valence-electron chi connectivity index (χ1n) is 5.46. The molecule has 4 heteroatoms. The Morgan fingerprint density at radius 1 is 1.06 bits per heavy atom. The minimum absolute atomic E-state index is 0.306. The van der Waals surface area contributed by atoms with Crippen LogP contribution < -0.4 is 4.57 Å². The Bertz CT molecular complexity index is 714. The van der Waals surface area contributed by atoms with Crippen molar-refractivity contribution in [2.75, 3.05) is 0 Å². The minimum Gasteiger partial charge on any atom is -0.207 e. The predicted octanol–water partition coefficient (Wildman–Crippen LogP) is 3.30. The fourth-order valence-electron chi connectivity index (χ4n) is 1.91. The first-order chi connectivity index (χ1) is 8.75. The van der Waals surface area contributed by atoms with Gasteiger partial charge in [-0.25, -0.2) is 8.96 Å². The lowest BCUT2D eigenvalue weighted by atomic mass is 10.1. The number of fused-ring (bicyclic) bond motifs is 1. The van der Waals surface area contributed by atoms with Gasteiger partial charge in [0, 0.05) is 5.39 Å². The van der Waals surface area contributed by atoms with E-state index in [1.165, 1.54) is 12.1 Å². The molecule has 2 heterocycles. The summed E-state index contributed by atoms with van der Waals surface area (Å²) in [6.07, 6.45) is 5.32. The average molecular weight is 260 g/mol. The smallest absolute Gasteiger partial charge is 0.207 e. The summed E-state index contributed by atoms with van der Waals surface area (Å²) in [6.45, 7) is 0. The second kappa shape index (κ2) is 4.35. The molecule has 0 radical (unpaired) electrons. The zero-order chi connectivity index (χ0) is 12.5. The third-order valence-corrected chi connectivity index (χ3v) is 3.04. The molecule has 1 aromatic carbocycles. The maximum atomic E-state index is 13.3. The van der Waals surface area contributed by atoms with E-state index in [0.29, 0.717) is 10.4 Å². The van der Waals surface area contributed by atoms with Crippen LogP contribution in [0.5, 0.6) is 0 Å². The van der Waals surface area contributed by atoms with E-state index >= 15 is 0 Å². The van der Waals surface area contributed by atoms with Crippen LogP contribution in [0.3, 0.4) is 0 Å². The van der Waals surface area contributed by atoms with Crippen molar-refractivity contribution in [3.8, 4) is 5.82 Å². The van der Waals surface area contributed by atoms with Gasteiger partial charge >= 0.3 is 5.82 Å². The number of benzene rings is 1. The first-order valence-corrected chi connectivity index (χ1v) is 5.84. The van der Waals surface area contributed by atoms with Gasteiger partial charge in [0.2, 0.25) is 0 Å². The van der Waals surface area contributed by atoms with Gasteiger partial charge in [-0.1, -0.05) is 17.7 Å². The highest BCUT2D eigenvalue weighted by Crippen LogP contribution is 2.25. The Labute approximate surface area is 108 Å². The van der Waals surface area contributed by atoms with Crippen LogP contribution in [0.25, 0.3) is 16.6 Å². The number of aromatic nitrogens is 2. The molecule has 0 unspecified atom stereocenters. The quantitative estimate of drug-likeness (QED) is 0.613. The normalized spacial score (nSPS) is 10.8. The maximum Gasteiger partial charge on any atom is 0.335 e. The fraction of sp³-hybridized carbons (Fsp3) is 0. The predicted molar refractivity (Wildman–Crippen MR) is 68.2 cm³/mol. The largest absolute Gasteiger partial charge is 0.335 e. The van der Waals surface area contributed by atoms with E-state index in [9.17, 15) is 4.39 Å². The van der Waals surface area contributed by atoms with Gasteiger partial charge in [0.15, 0.2) is 6.20 Å². The molecule has 2 nitrogen and oxygen atoms in total. The summed E-state index contributed by atoms with van der Waals surface area (Å²) in [5.41, 5.74) is 0. The Balaban J connectivity index is 2.35. The van der Waals surface area contributed by atoms with Gasteiger partial charge < -0.3 is 0 Å². The summed E-state index contributed by atoms with van der Waals surface area (Å²) in [5.74, 6) is 0.426. The highest BCUT2D eigenvalue weighted by Gasteiger charge is 2.15. The molecule has 2 aromatic heterocycles. The first kappa shape index (κ1) is 11.1. The SMILES string of the molecule is Fc1ccc2c(-[n+]3ccccc3)ncc(Cl)c2c1. The molecule has 18 heavy (non-hydrogen) atoms. The Kier molecular flexibility index (Phi) is 2.68. The molecular weight excluding hydrogens is 251 g/mol. The van der Waals surface area contributed by atoms with Crippen LogP contribution in [0.2, 0.25) is 5.02 Å². The van der Waals surface area contributed by atoms with Gasteiger partial charge in [0.25, 0.3) is 0 Å². The van der Waals surface area contributed by atoms with Gasteiger partial charge in [-0.2, -0.15) is 0 Å². The lowest BCUT2D eigenvalue weighted by Gasteiger charge is -2.02. The van der Waals surface area contributed by atoms with E-state index in [1.807, 2.05) is 35.2 Å². The molecule has 0 bridgehead atoms. The molecule has 0 aliphatic carbocycles. The Morgan fingerprint density at radius 2 is 1.83 bits per heavy atom. The number of hydrogen-bond donors (Lipinski definition) is 0. The Hall–Kier alpha value is -2.00. The van der Waals surface area contributed by atoms with E-state index in [-0.39, 0.29) is 5.82 Å². The second-order valence-electron chi connectivity index (χ2n) is 3.90. The Morgan fingerprint density at radius 3 is 2.61 bits per heavy atom. The topological polar surface area (TPSA) is 16.8 Å². The summed E-state index contributed by atoms with van der Waals surface area (Å²) in [7, 11) is 0. The zero-order valence-electron chi connectivity index (χ0n) is 9.35. The van der Waals surface area contributed by atoms with Gasteiger partial charge in [0.05, 0.1) is 22.8 Å². The van der Waals surface area contributed by atoms with Crippen LogP contribution in [0, 0.1) is 5.82 Å². The van der Waals surface area contributed by atoms with Crippen LogP contribution in [-0.2, 0) is 0 Å². The van der Waals surface area contributed by atoms with E-state index in [0.717, 1.165) is 11.2 Å². The summed E-state index contributed by atoms with van der Waals surface area (Å²) in [5, 5.41) is 1.93. The van der Waals surface area contributed by atoms with E-state index in [2.05, 4.69) is 4.98 Å². The van der Waals surface area contributed by atoms with Crippen LogP contribution in [-0.4, -0.2) is 4.98 Å². The summed E-state index contributed by atoms with van der Waals surface area (Å²) in [6, 6.07) is 10.3. The highest BCUT2D eigenvalue weighted by molar-refractivity contribution is 6.35. The van der Waals surface area contributed by atoms with E-state index in [1.54, 1.807) is 12.3 Å². The van der Waals surface area contributed by atoms with Crippen molar-refractivity contribution >= 4 is 22.4 Å². The summed E-state index contributed by atoms with van der Waals surface area (Å²) >= 11 is 6.05. The number of hydrogen-bond acceptors (Lipinski definition) is 1. The molecular formula is C14H9ClFN2+. The molecule has 0 atom stereocenters. The van der Waals surface area contributed by atoms with Crippen LogP contribution in [0.15, 0.2) is 55.0 Å². The van der Waals surface area contributed by atoms with E-state index in [4.69, 9.17) is 11.6 Å². The molecule has 3 rings (SSSR count). The maximum absolute atomic E-state index is 13.3. The lowest BCUT2D eigenvalue weighted by molar-refractivity contribution is -0.598. The van der Waals surface area contributed by atoms with Crippen molar-refractivity contribution in [1.29, 1.82) is 0 Å². The molecule has 0 N–H and O–H groups in total. The second-order valence-corrected chi connectivity index (χ2v) is 4.31. The molecule has 0 amide bonds. The van der Waals surface area contributed by atoms with Crippen molar-refractivity contribution in [2.24, 2.45) is 0 Å². The van der Waals surface area contributed by atoms with Crippen LogP contribution in [0.4, 0.5) is 4.39 Å². The van der Waals surface area contributed by atoms with Gasteiger partial charge in [0.1, 0.15) is 5.82 Å². The van der Waals surface area contributed by atoms with Crippen molar-refractivity contribution in [3.05, 3.63) is 65.8 Å². The molecule has 0 aliphatic heterocycles. The van der Waals surface area contributed by atoms with Crippen molar-refractivity contribution in [1.82, 2.24) is 4.98 Å². The summed E-state index contributed by atoms with van der Waals surface area (Å²) < 4.78 is 15.1. The zero-order valence-corrected chi connectivity index (χ0v) is 10.1. The highest BCUT2D eigenvalue weighted by atomic mass is 35.5. The molecule has 0 saturated carbocycles. The number of pyridine rings is 2. The lowest BCUT2D eigenvalue weighted by Crippen LogP contribution is -2.30. The standard InChI is InChI=1S/C14H9ClFN2/c15-13-9-17-14(18-6-2-1-3-7-18)11-5-4-10(16)8-12(11)13/h1-9H/q+1. The van der Waals surface area contributed by atoms with Gasteiger partial charge in [-0.05, 0) is 35.3 Å².